The minimum atomic E-state index is -0.604. The Labute approximate surface area is 181 Å². The molecule has 0 saturated heterocycles. The van der Waals surface area contributed by atoms with E-state index in [1.54, 1.807) is 35.8 Å². The number of nitrogens with one attached hydrogen (secondary N) is 1. The van der Waals surface area contributed by atoms with E-state index in [0.717, 1.165) is 10.6 Å². The summed E-state index contributed by atoms with van der Waals surface area (Å²) in [4.78, 5) is 41.5. The lowest BCUT2D eigenvalue weighted by Gasteiger charge is -2.11. The van der Waals surface area contributed by atoms with Crippen LogP contribution in [0.1, 0.15) is 26.4 Å². The van der Waals surface area contributed by atoms with Gasteiger partial charge >= 0.3 is 11.9 Å². The van der Waals surface area contributed by atoms with Crippen LogP contribution in [0.5, 0.6) is 0 Å². The lowest BCUT2D eigenvalue weighted by molar-refractivity contribution is -0.119. The number of anilines is 1. The molecule has 0 unspecified atom stereocenters. The molecule has 0 aliphatic rings. The van der Waals surface area contributed by atoms with Crippen LogP contribution in [-0.2, 0) is 20.0 Å². The van der Waals surface area contributed by atoms with Crippen LogP contribution in [0.3, 0.4) is 0 Å². The first-order valence-electron chi connectivity index (χ1n) is 8.81. The third-order valence-electron chi connectivity index (χ3n) is 3.91. The number of carbonyl (C=O) groups is 3. The van der Waals surface area contributed by atoms with Gasteiger partial charge in [0.25, 0.3) is 5.91 Å². The summed E-state index contributed by atoms with van der Waals surface area (Å²) in [6.45, 7) is -0.487. The summed E-state index contributed by atoms with van der Waals surface area (Å²) in [5, 5.41) is 4.51. The van der Waals surface area contributed by atoms with E-state index in [4.69, 9.17) is 9.47 Å². The topological polar surface area (TPSA) is 94.6 Å². The highest BCUT2D eigenvalue weighted by Gasteiger charge is 2.17. The van der Waals surface area contributed by atoms with Gasteiger partial charge in [0, 0.05) is 16.0 Å². The smallest absolute Gasteiger partial charge is 0.339 e. The van der Waals surface area contributed by atoms with Crippen molar-refractivity contribution in [3.8, 4) is 0 Å². The first-order valence-corrected chi connectivity index (χ1v) is 10.7. The molecule has 3 rings (SSSR count). The summed E-state index contributed by atoms with van der Waals surface area (Å²) >= 11 is 2.98. The molecule has 0 aliphatic carbocycles. The van der Waals surface area contributed by atoms with Crippen molar-refractivity contribution in [2.75, 3.05) is 19.0 Å². The average molecular weight is 443 g/mol. The van der Waals surface area contributed by atoms with E-state index in [1.807, 2.05) is 17.5 Å². The number of rotatable bonds is 8. The molecule has 0 radical (unpaired) electrons. The van der Waals surface area contributed by atoms with Gasteiger partial charge < -0.3 is 14.8 Å². The van der Waals surface area contributed by atoms with Crippen LogP contribution in [0.25, 0.3) is 0 Å². The largest absolute Gasteiger partial charge is 0.465 e. The minimum Gasteiger partial charge on any atom is -0.465 e. The molecule has 1 N–H and O–H groups in total. The van der Waals surface area contributed by atoms with Gasteiger partial charge in [-0.2, -0.15) is 0 Å². The summed E-state index contributed by atoms with van der Waals surface area (Å²) in [5.41, 5.74) is 3.55. The van der Waals surface area contributed by atoms with Crippen molar-refractivity contribution in [2.45, 2.75) is 10.6 Å². The highest BCUT2D eigenvalue weighted by Crippen LogP contribution is 2.26. The normalized spacial score (nSPS) is 10.3. The summed E-state index contributed by atoms with van der Waals surface area (Å²) in [6, 6.07) is 13.5. The van der Waals surface area contributed by atoms with Gasteiger partial charge in [0.1, 0.15) is 0 Å². The van der Waals surface area contributed by atoms with E-state index in [2.05, 4.69) is 10.3 Å². The van der Waals surface area contributed by atoms with Crippen LogP contribution in [0.15, 0.2) is 64.3 Å². The van der Waals surface area contributed by atoms with E-state index >= 15 is 0 Å². The number of hydrogen-bond donors (Lipinski definition) is 1. The molecule has 7 nitrogen and oxygen atoms in total. The predicted octanol–water partition coefficient (Wildman–Crippen LogP) is 4.02. The van der Waals surface area contributed by atoms with Crippen molar-refractivity contribution in [1.82, 2.24) is 4.98 Å². The van der Waals surface area contributed by atoms with Crippen molar-refractivity contribution >= 4 is 46.6 Å². The molecule has 0 aliphatic heterocycles. The van der Waals surface area contributed by atoms with E-state index in [1.165, 1.54) is 36.3 Å². The Balaban J connectivity index is 1.60. The van der Waals surface area contributed by atoms with Gasteiger partial charge in [-0.1, -0.05) is 24.3 Å². The molecular formula is C21H18N2O5S2. The Morgan fingerprint density at radius 2 is 1.77 bits per heavy atom. The fourth-order valence-electron chi connectivity index (χ4n) is 2.50. The highest BCUT2D eigenvalue weighted by molar-refractivity contribution is 7.98. The Morgan fingerprint density at radius 1 is 1.03 bits per heavy atom. The average Bonchev–Trinajstić information content (AvgIpc) is 3.30. The monoisotopic (exact) mass is 442 g/mol. The lowest BCUT2D eigenvalue weighted by atomic mass is 10.2. The van der Waals surface area contributed by atoms with Crippen molar-refractivity contribution in [3.63, 3.8) is 0 Å². The third kappa shape index (κ3) is 5.68. The number of para-hydroxylation sites is 1. The molecule has 3 aromatic rings. The molecule has 0 spiro atoms. The van der Waals surface area contributed by atoms with Crippen molar-refractivity contribution in [3.05, 3.63) is 76.2 Å². The number of esters is 2. The Hall–Kier alpha value is -3.17. The number of ether oxygens (including phenoxy) is 2. The molecule has 0 bridgehead atoms. The van der Waals surface area contributed by atoms with Gasteiger partial charge in [-0.05, 0) is 24.3 Å². The Bertz CT molecular complexity index is 1040. The molecule has 9 heteroatoms. The SMILES string of the molecule is COC(=O)c1ccccc1NC(=O)COC(=O)c1ccccc1SCc1cscn1. The minimum absolute atomic E-state index is 0.212. The first-order chi connectivity index (χ1) is 14.6. The zero-order chi connectivity index (χ0) is 21.3. The van der Waals surface area contributed by atoms with Crippen LogP contribution in [0.4, 0.5) is 5.69 Å². The summed E-state index contributed by atoms with van der Waals surface area (Å²) < 4.78 is 9.87. The van der Waals surface area contributed by atoms with E-state index in [0.29, 0.717) is 11.3 Å². The molecule has 1 heterocycles. The maximum absolute atomic E-state index is 12.5. The van der Waals surface area contributed by atoms with Crippen molar-refractivity contribution < 1.29 is 23.9 Å². The van der Waals surface area contributed by atoms with Crippen LogP contribution in [0.2, 0.25) is 0 Å². The zero-order valence-electron chi connectivity index (χ0n) is 16.0. The lowest BCUT2D eigenvalue weighted by Crippen LogP contribution is -2.22. The molecule has 0 fully saturated rings. The molecule has 30 heavy (non-hydrogen) atoms. The second-order valence-corrected chi connectivity index (χ2v) is 7.66. The molecule has 1 amide bonds. The van der Waals surface area contributed by atoms with Crippen molar-refractivity contribution in [2.24, 2.45) is 0 Å². The fourth-order valence-corrected chi connectivity index (χ4v) is 4.10. The summed E-state index contributed by atoms with van der Waals surface area (Å²) in [6.07, 6.45) is 0. The number of benzene rings is 2. The number of aromatic nitrogens is 1. The van der Waals surface area contributed by atoms with Crippen LogP contribution in [0, 0.1) is 0 Å². The van der Waals surface area contributed by atoms with Gasteiger partial charge in [0.15, 0.2) is 6.61 Å². The van der Waals surface area contributed by atoms with Crippen LogP contribution < -0.4 is 5.32 Å². The molecule has 154 valence electrons. The van der Waals surface area contributed by atoms with E-state index in [-0.39, 0.29) is 11.3 Å². The number of amides is 1. The number of thioether (sulfide) groups is 1. The first kappa shape index (κ1) is 21.5. The second kappa shape index (κ2) is 10.6. The molecule has 2 aromatic carbocycles. The van der Waals surface area contributed by atoms with E-state index in [9.17, 15) is 14.4 Å². The van der Waals surface area contributed by atoms with Crippen LogP contribution >= 0.6 is 23.1 Å². The number of methoxy groups -OCH3 is 1. The van der Waals surface area contributed by atoms with E-state index < -0.39 is 24.5 Å². The number of hydrogen-bond acceptors (Lipinski definition) is 8. The maximum atomic E-state index is 12.5. The fraction of sp³-hybridized carbons (Fsp3) is 0.143. The number of carbonyl (C=O) groups excluding carboxylic acids is 3. The Morgan fingerprint density at radius 3 is 2.50 bits per heavy atom. The van der Waals surface area contributed by atoms with Gasteiger partial charge in [-0.15, -0.1) is 23.1 Å². The number of nitrogens with zero attached hydrogens (tertiary/aromatic N) is 1. The van der Waals surface area contributed by atoms with Gasteiger partial charge in [-0.3, -0.25) is 4.79 Å². The standard InChI is InChI=1S/C21H18N2O5S2/c1-27-20(25)15-6-2-4-8-17(15)23-19(24)10-28-21(26)16-7-3-5-9-18(16)30-12-14-11-29-13-22-14/h2-9,11,13H,10,12H2,1H3,(H,23,24). The van der Waals surface area contributed by atoms with Crippen molar-refractivity contribution in [1.29, 1.82) is 0 Å². The predicted molar refractivity (Wildman–Crippen MR) is 115 cm³/mol. The maximum Gasteiger partial charge on any atom is 0.339 e. The second-order valence-electron chi connectivity index (χ2n) is 5.93. The molecule has 0 atom stereocenters. The zero-order valence-corrected chi connectivity index (χ0v) is 17.6. The van der Waals surface area contributed by atoms with Gasteiger partial charge in [0.05, 0.1) is 35.1 Å². The molecule has 0 saturated carbocycles. The summed E-state index contributed by atoms with van der Waals surface area (Å²) in [5.74, 6) is -1.12. The number of thiazole rings is 1. The van der Waals surface area contributed by atoms with Gasteiger partial charge in [-0.25, -0.2) is 14.6 Å². The quantitative estimate of drug-likeness (QED) is 0.416. The molecule has 1 aromatic heterocycles. The Kier molecular flexibility index (Phi) is 7.58. The molecular weight excluding hydrogens is 424 g/mol. The van der Waals surface area contributed by atoms with Crippen LogP contribution in [-0.4, -0.2) is 36.5 Å². The highest BCUT2D eigenvalue weighted by atomic mass is 32.2. The summed E-state index contributed by atoms with van der Waals surface area (Å²) in [7, 11) is 1.26. The van der Waals surface area contributed by atoms with Gasteiger partial charge in [0.2, 0.25) is 0 Å². The third-order valence-corrected chi connectivity index (χ3v) is 5.65.